The maximum Gasteiger partial charge on any atom is 0.103 e. The number of rotatable bonds is 2. The smallest absolute Gasteiger partial charge is 0.103 e. The molecular weight excluding hydrogens is 214 g/mol. The van der Waals surface area contributed by atoms with Crippen LogP contribution in [0.15, 0.2) is 36.5 Å². The minimum absolute atomic E-state index is 0.236. The maximum absolute atomic E-state index is 4.60. The Morgan fingerprint density at radius 2 is 1.94 bits per heavy atom. The maximum atomic E-state index is 4.60. The zero-order valence-electron chi connectivity index (χ0n) is 9.44. The van der Waals surface area contributed by atoms with Crippen LogP contribution in [0.3, 0.4) is 0 Å². The molecule has 1 saturated carbocycles. The van der Waals surface area contributed by atoms with Crippen molar-refractivity contribution in [3.05, 3.63) is 52.0 Å². The van der Waals surface area contributed by atoms with Crippen molar-refractivity contribution in [3.63, 3.8) is 0 Å². The molecule has 1 aromatic carbocycles. The second-order valence-electron chi connectivity index (χ2n) is 4.58. The minimum atomic E-state index is 0.236. The van der Waals surface area contributed by atoms with E-state index in [2.05, 4.69) is 42.2 Å². The summed E-state index contributed by atoms with van der Waals surface area (Å²) in [6.07, 6.45) is 5.84. The molecule has 0 spiro atoms. The third-order valence-corrected chi connectivity index (χ3v) is 4.68. The molecule has 2 heteroatoms. The third-order valence-electron chi connectivity index (χ3n) is 3.56. The molecule has 0 N–H and O–H groups in total. The number of hydrogen-bond donors (Lipinski definition) is 0. The molecule has 2 aromatic rings. The molecule has 1 nitrogen and oxygen atoms in total. The van der Waals surface area contributed by atoms with Crippen LogP contribution in [-0.2, 0) is 5.41 Å². The van der Waals surface area contributed by atoms with Crippen LogP contribution < -0.4 is 0 Å². The van der Waals surface area contributed by atoms with E-state index < -0.39 is 0 Å². The molecule has 1 heterocycles. The van der Waals surface area contributed by atoms with Crippen LogP contribution in [0.1, 0.15) is 34.7 Å². The fourth-order valence-corrected chi connectivity index (χ4v) is 3.52. The average molecular weight is 229 g/mol. The van der Waals surface area contributed by atoms with Crippen LogP contribution in [0.4, 0.5) is 0 Å². The lowest BCUT2D eigenvalue weighted by Crippen LogP contribution is -2.35. The van der Waals surface area contributed by atoms with E-state index in [1.165, 1.54) is 34.7 Å². The van der Waals surface area contributed by atoms with Gasteiger partial charge in [-0.25, -0.2) is 4.98 Å². The van der Waals surface area contributed by atoms with E-state index in [0.29, 0.717) is 0 Å². The molecule has 0 aliphatic heterocycles. The highest BCUT2D eigenvalue weighted by atomic mass is 32.1. The van der Waals surface area contributed by atoms with Gasteiger partial charge in [-0.05, 0) is 25.3 Å². The molecule has 0 saturated heterocycles. The molecule has 1 aromatic heterocycles. The van der Waals surface area contributed by atoms with Gasteiger partial charge >= 0.3 is 0 Å². The zero-order chi connectivity index (χ0) is 11.0. The van der Waals surface area contributed by atoms with E-state index in [1.807, 2.05) is 17.5 Å². The van der Waals surface area contributed by atoms with Crippen molar-refractivity contribution >= 4 is 11.3 Å². The summed E-state index contributed by atoms with van der Waals surface area (Å²) >= 11 is 1.85. The molecule has 0 unspecified atom stereocenters. The topological polar surface area (TPSA) is 12.9 Å². The highest BCUT2D eigenvalue weighted by Crippen LogP contribution is 2.49. The lowest BCUT2D eigenvalue weighted by molar-refractivity contribution is 0.300. The number of aryl methyl sites for hydroxylation is 1. The predicted octanol–water partition coefficient (Wildman–Crippen LogP) is 3.92. The monoisotopic (exact) mass is 229 g/mol. The molecular formula is C14H15NS. The Hall–Kier alpha value is -1.15. The van der Waals surface area contributed by atoms with Crippen LogP contribution in [0.2, 0.25) is 0 Å². The summed E-state index contributed by atoms with van der Waals surface area (Å²) < 4.78 is 0. The van der Waals surface area contributed by atoms with Crippen molar-refractivity contribution in [2.75, 3.05) is 0 Å². The molecule has 0 atom stereocenters. The summed E-state index contributed by atoms with van der Waals surface area (Å²) in [6.45, 7) is 2.14. The van der Waals surface area contributed by atoms with E-state index in [-0.39, 0.29) is 5.41 Å². The van der Waals surface area contributed by atoms with E-state index in [0.717, 1.165) is 0 Å². The van der Waals surface area contributed by atoms with Gasteiger partial charge in [0.05, 0.1) is 0 Å². The first-order chi connectivity index (χ1) is 7.81. The highest BCUT2D eigenvalue weighted by molar-refractivity contribution is 7.11. The van der Waals surface area contributed by atoms with Gasteiger partial charge in [0.25, 0.3) is 0 Å². The van der Waals surface area contributed by atoms with Crippen LogP contribution in [0.25, 0.3) is 0 Å². The van der Waals surface area contributed by atoms with Crippen LogP contribution in [-0.4, -0.2) is 4.98 Å². The lowest BCUT2D eigenvalue weighted by Gasteiger charge is -2.40. The van der Waals surface area contributed by atoms with Gasteiger partial charge in [0.15, 0.2) is 0 Å². The number of aromatic nitrogens is 1. The molecule has 0 amide bonds. The van der Waals surface area contributed by atoms with E-state index in [1.54, 1.807) is 0 Å². The highest BCUT2D eigenvalue weighted by Gasteiger charge is 2.42. The standard InChI is InChI=1S/C14H15NS/c1-11-10-15-13(16-11)14(8-5-9-14)12-6-3-2-4-7-12/h2-4,6-7,10H,5,8-9H2,1H3. The van der Waals surface area contributed by atoms with Gasteiger partial charge in [-0.3, -0.25) is 0 Å². The molecule has 16 heavy (non-hydrogen) atoms. The zero-order valence-corrected chi connectivity index (χ0v) is 10.3. The Morgan fingerprint density at radius 3 is 2.44 bits per heavy atom. The molecule has 82 valence electrons. The van der Waals surface area contributed by atoms with Gasteiger partial charge < -0.3 is 0 Å². The second-order valence-corrected chi connectivity index (χ2v) is 5.81. The lowest BCUT2D eigenvalue weighted by atomic mass is 9.65. The van der Waals surface area contributed by atoms with Crippen LogP contribution >= 0.6 is 11.3 Å². The average Bonchev–Trinajstić information content (AvgIpc) is 2.65. The van der Waals surface area contributed by atoms with Gasteiger partial charge in [-0.1, -0.05) is 36.8 Å². The summed E-state index contributed by atoms with van der Waals surface area (Å²) in [7, 11) is 0. The van der Waals surface area contributed by atoms with Crippen molar-refractivity contribution in [1.82, 2.24) is 4.98 Å². The SMILES string of the molecule is Cc1cnc(C2(c3ccccc3)CCC2)s1. The molecule has 1 aliphatic carbocycles. The van der Waals surface area contributed by atoms with Crippen LogP contribution in [0, 0.1) is 6.92 Å². The molecule has 3 rings (SSSR count). The Bertz CT molecular complexity index is 482. The summed E-state index contributed by atoms with van der Waals surface area (Å²) in [6, 6.07) is 10.8. The van der Waals surface area contributed by atoms with Crippen molar-refractivity contribution in [2.45, 2.75) is 31.6 Å². The van der Waals surface area contributed by atoms with Gasteiger partial charge in [0, 0.05) is 16.5 Å². The van der Waals surface area contributed by atoms with Crippen molar-refractivity contribution in [3.8, 4) is 0 Å². The Morgan fingerprint density at radius 1 is 1.19 bits per heavy atom. The molecule has 0 radical (unpaired) electrons. The van der Waals surface area contributed by atoms with Gasteiger partial charge in [0.2, 0.25) is 0 Å². The van der Waals surface area contributed by atoms with E-state index >= 15 is 0 Å². The number of benzene rings is 1. The predicted molar refractivity (Wildman–Crippen MR) is 67.9 cm³/mol. The Labute approximate surface area is 100 Å². The number of thiazole rings is 1. The fourth-order valence-electron chi connectivity index (χ4n) is 2.49. The summed E-state index contributed by atoms with van der Waals surface area (Å²) in [4.78, 5) is 5.92. The summed E-state index contributed by atoms with van der Waals surface area (Å²) in [5.74, 6) is 0. The Balaban J connectivity index is 2.07. The molecule has 0 bridgehead atoms. The quantitative estimate of drug-likeness (QED) is 0.760. The molecule has 1 fully saturated rings. The number of hydrogen-bond acceptors (Lipinski definition) is 2. The third kappa shape index (κ3) is 1.40. The minimum Gasteiger partial charge on any atom is -0.248 e. The first-order valence-corrected chi connectivity index (χ1v) is 6.61. The van der Waals surface area contributed by atoms with E-state index in [4.69, 9.17) is 0 Å². The second kappa shape index (κ2) is 3.70. The van der Waals surface area contributed by atoms with Crippen molar-refractivity contribution < 1.29 is 0 Å². The first-order valence-electron chi connectivity index (χ1n) is 5.80. The van der Waals surface area contributed by atoms with Gasteiger partial charge in [-0.2, -0.15) is 0 Å². The molecule has 1 aliphatic rings. The summed E-state index contributed by atoms with van der Waals surface area (Å²) in [5.41, 5.74) is 1.68. The van der Waals surface area contributed by atoms with Crippen molar-refractivity contribution in [1.29, 1.82) is 0 Å². The Kier molecular flexibility index (Phi) is 2.32. The van der Waals surface area contributed by atoms with Gasteiger partial charge in [0.1, 0.15) is 5.01 Å². The van der Waals surface area contributed by atoms with Crippen molar-refractivity contribution in [2.24, 2.45) is 0 Å². The van der Waals surface area contributed by atoms with Crippen LogP contribution in [0.5, 0.6) is 0 Å². The summed E-state index contributed by atoms with van der Waals surface area (Å²) in [5, 5.41) is 1.31. The number of nitrogens with zero attached hydrogens (tertiary/aromatic N) is 1. The fraction of sp³-hybridized carbons (Fsp3) is 0.357. The first kappa shape index (κ1) is 10.0. The van der Waals surface area contributed by atoms with Gasteiger partial charge in [-0.15, -0.1) is 11.3 Å². The normalized spacial score (nSPS) is 18.1. The largest absolute Gasteiger partial charge is 0.248 e. The van der Waals surface area contributed by atoms with E-state index in [9.17, 15) is 0 Å².